The van der Waals surface area contributed by atoms with Gasteiger partial charge in [-0.2, -0.15) is 11.8 Å². The van der Waals surface area contributed by atoms with Gasteiger partial charge in [0.15, 0.2) is 0 Å². The average Bonchev–Trinajstić information content (AvgIpc) is 2.74. The molecule has 32 heavy (non-hydrogen) atoms. The maximum absolute atomic E-state index is 13.0. The van der Waals surface area contributed by atoms with E-state index >= 15 is 0 Å². The van der Waals surface area contributed by atoms with E-state index < -0.39 is 60.8 Å². The van der Waals surface area contributed by atoms with Gasteiger partial charge in [-0.15, -0.1) is 0 Å². The van der Waals surface area contributed by atoms with Crippen molar-refractivity contribution in [3.63, 3.8) is 0 Å². The molecule has 11 nitrogen and oxygen atoms in total. The summed E-state index contributed by atoms with van der Waals surface area (Å²) < 4.78 is 0. The van der Waals surface area contributed by atoms with Crippen molar-refractivity contribution in [3.8, 4) is 0 Å². The Morgan fingerprint density at radius 1 is 0.938 bits per heavy atom. The number of thioether (sulfide) groups is 1. The summed E-state index contributed by atoms with van der Waals surface area (Å²) in [5.74, 6) is -4.13. The van der Waals surface area contributed by atoms with Gasteiger partial charge >= 0.3 is 11.9 Å². The molecule has 3 unspecified atom stereocenters. The molecule has 176 valence electrons. The molecule has 0 aliphatic rings. The predicted octanol–water partition coefficient (Wildman–Crippen LogP) is -1.05. The van der Waals surface area contributed by atoms with Crippen LogP contribution in [-0.2, 0) is 30.4 Å². The van der Waals surface area contributed by atoms with Crippen LogP contribution < -0.4 is 21.7 Å². The molecule has 0 heterocycles. The van der Waals surface area contributed by atoms with E-state index in [1.807, 2.05) is 6.26 Å². The Morgan fingerprint density at radius 3 is 2.12 bits per heavy atom. The first-order valence-corrected chi connectivity index (χ1v) is 11.1. The Balaban J connectivity index is 2.98. The van der Waals surface area contributed by atoms with Crippen molar-refractivity contribution in [2.45, 2.75) is 37.4 Å². The summed E-state index contributed by atoms with van der Waals surface area (Å²) in [6, 6.07) is 5.27. The molecule has 0 aliphatic carbocycles. The van der Waals surface area contributed by atoms with Crippen molar-refractivity contribution in [1.29, 1.82) is 0 Å². The first-order chi connectivity index (χ1) is 15.1. The Hall–Kier alpha value is -3.12. The Morgan fingerprint density at radius 2 is 1.56 bits per heavy atom. The summed E-state index contributed by atoms with van der Waals surface area (Å²) >= 11 is 1.44. The molecule has 0 saturated heterocycles. The maximum atomic E-state index is 13.0. The molecule has 0 aliphatic heterocycles. The second-order valence-electron chi connectivity index (χ2n) is 6.91. The van der Waals surface area contributed by atoms with Crippen LogP contribution in [-0.4, -0.2) is 76.6 Å². The zero-order chi connectivity index (χ0) is 24.1. The number of amides is 3. The number of carbonyl (C=O) groups excluding carboxylic acids is 3. The van der Waals surface area contributed by atoms with Crippen LogP contribution in [0.1, 0.15) is 18.4 Å². The molecule has 1 aromatic rings. The molecule has 12 heteroatoms. The SMILES string of the molecule is CSCCC(NC(=O)C(Cc1ccccc1)NC(=O)C(N)CC(=O)O)C(=O)NCC(=O)O. The molecule has 0 bridgehead atoms. The second kappa shape index (κ2) is 14.0. The fraction of sp³-hybridized carbons (Fsp3) is 0.450. The van der Waals surface area contributed by atoms with Gasteiger partial charge < -0.3 is 31.9 Å². The Bertz CT molecular complexity index is 806. The van der Waals surface area contributed by atoms with Crippen LogP contribution in [0.25, 0.3) is 0 Å². The van der Waals surface area contributed by atoms with Crippen molar-refractivity contribution in [2.75, 3.05) is 18.6 Å². The van der Waals surface area contributed by atoms with Gasteiger partial charge in [-0.1, -0.05) is 30.3 Å². The van der Waals surface area contributed by atoms with Crippen LogP contribution in [0.3, 0.4) is 0 Å². The normalized spacial score (nSPS) is 13.3. The highest BCUT2D eigenvalue weighted by Crippen LogP contribution is 2.07. The van der Waals surface area contributed by atoms with Gasteiger partial charge in [-0.05, 0) is 24.0 Å². The van der Waals surface area contributed by atoms with E-state index in [4.69, 9.17) is 15.9 Å². The van der Waals surface area contributed by atoms with Crippen molar-refractivity contribution in [1.82, 2.24) is 16.0 Å². The third kappa shape index (κ3) is 10.3. The lowest BCUT2D eigenvalue weighted by atomic mass is 10.0. The highest BCUT2D eigenvalue weighted by atomic mass is 32.2. The van der Waals surface area contributed by atoms with E-state index in [-0.39, 0.29) is 12.8 Å². The second-order valence-corrected chi connectivity index (χ2v) is 7.90. The lowest BCUT2D eigenvalue weighted by Crippen LogP contribution is -2.57. The number of benzene rings is 1. The Labute approximate surface area is 189 Å². The molecule has 0 spiro atoms. The molecule has 0 radical (unpaired) electrons. The molecule has 0 fully saturated rings. The fourth-order valence-corrected chi connectivity index (χ4v) is 3.15. The summed E-state index contributed by atoms with van der Waals surface area (Å²) in [7, 11) is 0. The third-order valence-electron chi connectivity index (χ3n) is 4.30. The molecule has 0 saturated carbocycles. The van der Waals surface area contributed by atoms with Gasteiger partial charge in [0.05, 0.1) is 12.5 Å². The number of nitrogens with two attached hydrogens (primary N) is 1. The largest absolute Gasteiger partial charge is 0.481 e. The molecular formula is C20H28N4O7S. The highest BCUT2D eigenvalue weighted by Gasteiger charge is 2.29. The van der Waals surface area contributed by atoms with Crippen molar-refractivity contribution in [3.05, 3.63) is 35.9 Å². The van der Waals surface area contributed by atoms with Crippen LogP contribution in [0.2, 0.25) is 0 Å². The molecule has 0 aromatic heterocycles. The van der Waals surface area contributed by atoms with E-state index in [0.717, 1.165) is 5.56 Å². The quantitative estimate of drug-likeness (QED) is 0.198. The summed E-state index contributed by atoms with van der Waals surface area (Å²) in [4.78, 5) is 59.2. The minimum atomic E-state index is -1.36. The van der Waals surface area contributed by atoms with Crippen LogP contribution in [0.4, 0.5) is 0 Å². The van der Waals surface area contributed by atoms with Crippen LogP contribution in [0, 0.1) is 0 Å². The number of hydrogen-bond donors (Lipinski definition) is 6. The van der Waals surface area contributed by atoms with Gasteiger partial charge in [0.2, 0.25) is 17.7 Å². The van der Waals surface area contributed by atoms with E-state index in [9.17, 15) is 24.0 Å². The number of rotatable bonds is 14. The van der Waals surface area contributed by atoms with E-state index in [1.165, 1.54) is 11.8 Å². The topological polar surface area (TPSA) is 188 Å². The van der Waals surface area contributed by atoms with Crippen LogP contribution in [0.5, 0.6) is 0 Å². The summed E-state index contributed by atoms with van der Waals surface area (Å²) in [5.41, 5.74) is 6.31. The number of hydrogen-bond acceptors (Lipinski definition) is 7. The molecule has 3 amide bonds. The number of nitrogens with one attached hydrogen (secondary N) is 3. The van der Waals surface area contributed by atoms with Gasteiger partial charge in [-0.25, -0.2) is 0 Å². The Kier molecular flexibility index (Phi) is 11.8. The molecule has 1 rings (SSSR count). The van der Waals surface area contributed by atoms with E-state index in [0.29, 0.717) is 5.75 Å². The van der Waals surface area contributed by atoms with E-state index in [1.54, 1.807) is 30.3 Å². The van der Waals surface area contributed by atoms with Gasteiger partial charge in [0.25, 0.3) is 0 Å². The minimum Gasteiger partial charge on any atom is -0.481 e. The standard InChI is InChI=1S/C20H28N4O7S/c1-32-8-7-14(19(30)22-11-17(27)28)23-20(31)15(9-12-5-3-2-4-6-12)24-18(29)13(21)10-16(25)26/h2-6,13-15H,7-11,21H2,1H3,(H,22,30)(H,23,31)(H,24,29)(H,25,26)(H,27,28). The van der Waals surface area contributed by atoms with Gasteiger partial charge in [-0.3, -0.25) is 24.0 Å². The summed E-state index contributed by atoms with van der Waals surface area (Å²) in [5, 5.41) is 24.8. The number of carbonyl (C=O) groups is 5. The fourth-order valence-electron chi connectivity index (χ4n) is 2.68. The molecular weight excluding hydrogens is 440 g/mol. The zero-order valence-electron chi connectivity index (χ0n) is 17.6. The molecule has 3 atom stereocenters. The van der Waals surface area contributed by atoms with Gasteiger partial charge in [0, 0.05) is 6.42 Å². The summed E-state index contributed by atoms with van der Waals surface area (Å²) in [6.07, 6.45) is 1.52. The molecule has 7 N–H and O–H groups in total. The summed E-state index contributed by atoms with van der Waals surface area (Å²) in [6.45, 7) is -0.599. The van der Waals surface area contributed by atoms with Gasteiger partial charge in [0.1, 0.15) is 18.6 Å². The number of aliphatic carboxylic acids is 2. The first kappa shape index (κ1) is 26.9. The van der Waals surface area contributed by atoms with Crippen LogP contribution in [0.15, 0.2) is 30.3 Å². The number of carboxylic acid groups (broad SMARTS) is 2. The van der Waals surface area contributed by atoms with E-state index in [2.05, 4.69) is 16.0 Å². The lowest BCUT2D eigenvalue weighted by Gasteiger charge is -2.24. The van der Waals surface area contributed by atoms with Crippen LogP contribution >= 0.6 is 11.8 Å². The average molecular weight is 469 g/mol. The number of carboxylic acids is 2. The smallest absolute Gasteiger partial charge is 0.322 e. The monoisotopic (exact) mass is 468 g/mol. The minimum absolute atomic E-state index is 0.0736. The predicted molar refractivity (Wildman–Crippen MR) is 118 cm³/mol. The maximum Gasteiger partial charge on any atom is 0.322 e. The van der Waals surface area contributed by atoms with Crippen molar-refractivity contribution < 1.29 is 34.2 Å². The molecule has 1 aromatic carbocycles. The zero-order valence-corrected chi connectivity index (χ0v) is 18.4. The van der Waals surface area contributed by atoms with Crippen molar-refractivity contribution in [2.24, 2.45) is 5.73 Å². The first-order valence-electron chi connectivity index (χ1n) is 9.74. The lowest BCUT2D eigenvalue weighted by molar-refractivity contribution is -0.139. The highest BCUT2D eigenvalue weighted by molar-refractivity contribution is 7.98. The third-order valence-corrected chi connectivity index (χ3v) is 4.95. The van der Waals surface area contributed by atoms with Crippen molar-refractivity contribution >= 4 is 41.4 Å².